The number of hydrogen-bond acceptors (Lipinski definition) is 3. The number of nitrogens with zero attached hydrogens (tertiary/aromatic N) is 3. The van der Waals surface area contributed by atoms with E-state index < -0.39 is 0 Å². The van der Waals surface area contributed by atoms with E-state index in [0.717, 1.165) is 25.3 Å². The molecule has 0 radical (unpaired) electrons. The van der Waals surface area contributed by atoms with Gasteiger partial charge in [-0.05, 0) is 32.6 Å². The molecule has 4 heteroatoms. The van der Waals surface area contributed by atoms with Crippen LogP contribution in [0.1, 0.15) is 25.5 Å². The van der Waals surface area contributed by atoms with Crippen molar-refractivity contribution in [3.63, 3.8) is 0 Å². The Kier molecular flexibility index (Phi) is 5.32. The standard InChI is InChI=1S/C16H24N4/c1-4-19(3)11-10-17-14(2)15-12-18-20(13-15)16-8-6-5-7-9-16/h5-9,12-14,17H,4,10-11H2,1-3H3. The second kappa shape index (κ2) is 7.22. The smallest absolute Gasteiger partial charge is 0.0645 e. The predicted molar refractivity (Wildman–Crippen MR) is 83.2 cm³/mol. The lowest BCUT2D eigenvalue weighted by Crippen LogP contribution is -2.30. The number of likely N-dealkylation sites (N-methyl/N-ethyl adjacent to an activating group) is 1. The molecule has 108 valence electrons. The molecule has 0 spiro atoms. The van der Waals surface area contributed by atoms with Crippen LogP contribution in [-0.2, 0) is 0 Å². The molecule has 0 aliphatic rings. The molecule has 1 unspecified atom stereocenters. The van der Waals surface area contributed by atoms with Crippen LogP contribution in [0.3, 0.4) is 0 Å². The van der Waals surface area contributed by atoms with E-state index in [1.807, 2.05) is 29.1 Å². The largest absolute Gasteiger partial charge is 0.309 e. The van der Waals surface area contributed by atoms with Crippen LogP contribution < -0.4 is 5.32 Å². The first-order valence-corrected chi connectivity index (χ1v) is 7.22. The molecule has 1 atom stereocenters. The van der Waals surface area contributed by atoms with Gasteiger partial charge in [0.15, 0.2) is 0 Å². The van der Waals surface area contributed by atoms with E-state index in [1.54, 1.807) is 0 Å². The molecule has 1 aromatic heterocycles. The van der Waals surface area contributed by atoms with Crippen molar-refractivity contribution in [3.8, 4) is 5.69 Å². The van der Waals surface area contributed by atoms with Gasteiger partial charge in [0.05, 0.1) is 11.9 Å². The molecule has 2 aromatic rings. The van der Waals surface area contributed by atoms with Gasteiger partial charge >= 0.3 is 0 Å². The Morgan fingerprint density at radius 1 is 1.30 bits per heavy atom. The van der Waals surface area contributed by atoms with Gasteiger partial charge in [-0.1, -0.05) is 25.1 Å². The van der Waals surface area contributed by atoms with E-state index in [-0.39, 0.29) is 0 Å². The maximum Gasteiger partial charge on any atom is 0.0645 e. The molecule has 1 heterocycles. The molecule has 0 fully saturated rings. The van der Waals surface area contributed by atoms with Crippen molar-refractivity contribution in [2.24, 2.45) is 0 Å². The summed E-state index contributed by atoms with van der Waals surface area (Å²) in [6, 6.07) is 10.5. The Bertz CT molecular complexity index is 506. The fourth-order valence-corrected chi connectivity index (χ4v) is 2.03. The monoisotopic (exact) mass is 272 g/mol. The van der Waals surface area contributed by atoms with Gasteiger partial charge in [-0.25, -0.2) is 4.68 Å². The first-order valence-electron chi connectivity index (χ1n) is 7.22. The minimum atomic E-state index is 0.317. The Labute approximate surface area is 121 Å². The highest BCUT2D eigenvalue weighted by Crippen LogP contribution is 2.13. The number of hydrogen-bond donors (Lipinski definition) is 1. The number of benzene rings is 1. The summed E-state index contributed by atoms with van der Waals surface area (Å²) in [6.07, 6.45) is 4.03. The molecule has 1 aromatic carbocycles. The molecule has 0 saturated carbocycles. The van der Waals surface area contributed by atoms with Gasteiger partial charge in [0, 0.05) is 30.9 Å². The lowest BCUT2D eigenvalue weighted by Gasteiger charge is -2.17. The van der Waals surface area contributed by atoms with Gasteiger partial charge in [-0.15, -0.1) is 0 Å². The summed E-state index contributed by atoms with van der Waals surface area (Å²) >= 11 is 0. The first kappa shape index (κ1) is 14.8. The zero-order chi connectivity index (χ0) is 14.4. The van der Waals surface area contributed by atoms with Crippen molar-refractivity contribution in [1.82, 2.24) is 20.0 Å². The van der Waals surface area contributed by atoms with Crippen molar-refractivity contribution in [3.05, 3.63) is 48.3 Å². The van der Waals surface area contributed by atoms with Gasteiger partial charge in [0.25, 0.3) is 0 Å². The fourth-order valence-electron chi connectivity index (χ4n) is 2.03. The van der Waals surface area contributed by atoms with Crippen molar-refractivity contribution in [1.29, 1.82) is 0 Å². The Morgan fingerprint density at radius 3 is 2.75 bits per heavy atom. The van der Waals surface area contributed by atoms with Gasteiger partial charge in [0.2, 0.25) is 0 Å². The summed E-state index contributed by atoms with van der Waals surface area (Å²) in [6.45, 7) is 7.49. The minimum absolute atomic E-state index is 0.317. The molecular formula is C16H24N4. The van der Waals surface area contributed by atoms with Crippen molar-refractivity contribution >= 4 is 0 Å². The van der Waals surface area contributed by atoms with E-state index in [9.17, 15) is 0 Å². The second-order valence-electron chi connectivity index (χ2n) is 5.13. The molecule has 0 aliphatic carbocycles. The molecule has 0 amide bonds. The van der Waals surface area contributed by atoms with Crippen LogP contribution in [0.4, 0.5) is 0 Å². The minimum Gasteiger partial charge on any atom is -0.309 e. The number of para-hydroxylation sites is 1. The van der Waals surface area contributed by atoms with Crippen molar-refractivity contribution < 1.29 is 0 Å². The topological polar surface area (TPSA) is 33.1 Å². The highest BCUT2D eigenvalue weighted by Gasteiger charge is 2.08. The second-order valence-corrected chi connectivity index (χ2v) is 5.13. The summed E-state index contributed by atoms with van der Waals surface area (Å²) in [5.74, 6) is 0. The van der Waals surface area contributed by atoms with E-state index in [4.69, 9.17) is 0 Å². The maximum absolute atomic E-state index is 4.43. The number of nitrogens with one attached hydrogen (secondary N) is 1. The maximum atomic E-state index is 4.43. The highest BCUT2D eigenvalue weighted by molar-refractivity contribution is 5.31. The summed E-state index contributed by atoms with van der Waals surface area (Å²) in [5.41, 5.74) is 2.31. The zero-order valence-corrected chi connectivity index (χ0v) is 12.6. The van der Waals surface area contributed by atoms with E-state index in [1.165, 1.54) is 5.56 Å². The molecule has 4 nitrogen and oxygen atoms in total. The SMILES string of the molecule is CCN(C)CCNC(C)c1cnn(-c2ccccc2)c1. The highest BCUT2D eigenvalue weighted by atomic mass is 15.3. The van der Waals surface area contributed by atoms with Crippen molar-refractivity contribution in [2.45, 2.75) is 19.9 Å². The van der Waals surface area contributed by atoms with Crippen LogP contribution in [0.2, 0.25) is 0 Å². The summed E-state index contributed by atoms with van der Waals surface area (Å²) in [5, 5.41) is 7.97. The third-order valence-electron chi connectivity index (χ3n) is 3.61. The lowest BCUT2D eigenvalue weighted by molar-refractivity contribution is 0.342. The van der Waals surface area contributed by atoms with Gasteiger partial charge in [-0.2, -0.15) is 5.10 Å². The third-order valence-corrected chi connectivity index (χ3v) is 3.61. The van der Waals surface area contributed by atoms with E-state index in [0.29, 0.717) is 6.04 Å². The quantitative estimate of drug-likeness (QED) is 0.840. The fraction of sp³-hybridized carbons (Fsp3) is 0.438. The Hall–Kier alpha value is -1.65. The van der Waals surface area contributed by atoms with Crippen LogP contribution in [-0.4, -0.2) is 41.4 Å². The van der Waals surface area contributed by atoms with Crippen LogP contribution >= 0.6 is 0 Å². The Morgan fingerprint density at radius 2 is 2.05 bits per heavy atom. The Balaban J connectivity index is 1.91. The lowest BCUT2D eigenvalue weighted by atomic mass is 10.2. The van der Waals surface area contributed by atoms with Crippen molar-refractivity contribution in [2.75, 3.05) is 26.7 Å². The molecule has 0 aliphatic heterocycles. The van der Waals surface area contributed by atoms with Gasteiger partial charge in [0.1, 0.15) is 0 Å². The van der Waals surface area contributed by atoms with Crippen LogP contribution in [0, 0.1) is 0 Å². The molecule has 0 bridgehead atoms. The predicted octanol–water partition coefficient (Wildman–Crippen LogP) is 2.47. The van der Waals surface area contributed by atoms with Crippen LogP contribution in [0.25, 0.3) is 5.69 Å². The van der Waals surface area contributed by atoms with E-state index >= 15 is 0 Å². The average molecular weight is 272 g/mol. The molecule has 0 saturated heterocycles. The molecular weight excluding hydrogens is 248 g/mol. The summed E-state index contributed by atoms with van der Waals surface area (Å²) in [7, 11) is 2.14. The summed E-state index contributed by atoms with van der Waals surface area (Å²) in [4.78, 5) is 2.30. The van der Waals surface area contributed by atoms with Crippen LogP contribution in [0.15, 0.2) is 42.7 Å². The molecule has 20 heavy (non-hydrogen) atoms. The van der Waals surface area contributed by atoms with Gasteiger partial charge < -0.3 is 10.2 Å². The number of aromatic nitrogens is 2. The molecule has 1 N–H and O–H groups in total. The third kappa shape index (κ3) is 3.92. The first-order chi connectivity index (χ1) is 9.70. The van der Waals surface area contributed by atoms with E-state index in [2.05, 4.69) is 54.5 Å². The normalized spacial score (nSPS) is 12.8. The average Bonchev–Trinajstić information content (AvgIpc) is 2.97. The van der Waals surface area contributed by atoms with Gasteiger partial charge in [-0.3, -0.25) is 0 Å². The number of rotatable bonds is 7. The van der Waals surface area contributed by atoms with Crippen LogP contribution in [0.5, 0.6) is 0 Å². The zero-order valence-electron chi connectivity index (χ0n) is 12.6. The molecule has 2 rings (SSSR count). The summed E-state index contributed by atoms with van der Waals surface area (Å²) < 4.78 is 1.92.